The number of nitrogens with one attached hydrogen (secondary N) is 1. The molecule has 2 rings (SSSR count). The van der Waals surface area contributed by atoms with Crippen LogP contribution in [0.3, 0.4) is 0 Å². The lowest BCUT2D eigenvalue weighted by Gasteiger charge is -2.16. The standard InChI is InChI=1S/C12H18F3N3S.C2H6.C2H2.CH4O/c1-8-17-10(6-18(2)7-12(13,14)15)11(19-8)9-3-4-16-5-9;3*1-2/h9,16H,3-7H2,1-2H3;1-2H3;1-2H;2H,1H3/p+2/t9-;;;/m0.../s1. The van der Waals surface area contributed by atoms with Crippen molar-refractivity contribution in [3.8, 4) is 12.8 Å². The van der Waals surface area contributed by atoms with Crippen LogP contribution >= 0.6 is 11.3 Å². The molecular formula is C17H32F3N3OS+2. The molecule has 0 bridgehead atoms. The number of aromatic nitrogens is 1. The molecule has 4 N–H and O–H groups in total. The van der Waals surface area contributed by atoms with Crippen LogP contribution in [0.2, 0.25) is 0 Å². The summed E-state index contributed by atoms with van der Waals surface area (Å²) in [6.07, 6.45) is 4.99. The molecule has 0 aliphatic carbocycles. The molecule has 0 spiro atoms. The van der Waals surface area contributed by atoms with E-state index in [0.29, 0.717) is 17.4 Å². The fourth-order valence-corrected chi connectivity index (χ4v) is 3.71. The van der Waals surface area contributed by atoms with Crippen LogP contribution in [-0.4, -0.2) is 50.1 Å². The summed E-state index contributed by atoms with van der Waals surface area (Å²) in [5.74, 6) is 0.472. The van der Waals surface area contributed by atoms with Gasteiger partial charge in [-0.1, -0.05) is 13.8 Å². The second-order valence-corrected chi connectivity index (χ2v) is 6.50. The molecule has 1 saturated heterocycles. The van der Waals surface area contributed by atoms with Crippen LogP contribution in [0.15, 0.2) is 0 Å². The van der Waals surface area contributed by atoms with Gasteiger partial charge in [0.2, 0.25) is 0 Å². The van der Waals surface area contributed by atoms with E-state index in [1.807, 2.05) is 20.8 Å². The largest absolute Gasteiger partial charge is 0.438 e. The summed E-state index contributed by atoms with van der Waals surface area (Å²) in [5.41, 5.74) is 0.865. The second-order valence-electron chi connectivity index (χ2n) is 5.27. The highest BCUT2D eigenvalue weighted by Crippen LogP contribution is 2.29. The number of nitrogens with zero attached hydrogens (tertiary/aromatic N) is 1. The maximum atomic E-state index is 12.4. The molecule has 2 heterocycles. The molecule has 0 amide bonds. The molecule has 25 heavy (non-hydrogen) atoms. The molecule has 0 saturated carbocycles. The highest BCUT2D eigenvalue weighted by Gasteiger charge is 2.34. The first kappa shape index (κ1) is 26.1. The molecule has 1 fully saturated rings. The van der Waals surface area contributed by atoms with E-state index in [0.717, 1.165) is 37.3 Å². The van der Waals surface area contributed by atoms with Gasteiger partial charge in [-0.25, -0.2) is 4.98 Å². The number of thiazole rings is 1. The van der Waals surface area contributed by atoms with Crippen molar-refractivity contribution in [2.45, 2.75) is 45.8 Å². The number of halogens is 3. The molecule has 4 nitrogen and oxygen atoms in total. The topological polar surface area (TPSA) is 54.2 Å². The molecule has 1 aromatic rings. The zero-order chi connectivity index (χ0) is 20.0. The van der Waals surface area contributed by atoms with Crippen molar-refractivity contribution in [3.05, 3.63) is 15.6 Å². The van der Waals surface area contributed by atoms with Crippen molar-refractivity contribution in [2.24, 2.45) is 0 Å². The maximum Gasteiger partial charge on any atom is 0.438 e. The van der Waals surface area contributed by atoms with Crippen LogP contribution in [0.5, 0.6) is 0 Å². The van der Waals surface area contributed by atoms with Crippen molar-refractivity contribution in [3.63, 3.8) is 0 Å². The quantitative estimate of drug-likeness (QED) is 0.679. The minimum atomic E-state index is -4.11. The SMILES string of the molecule is C#C.CC.CO.Cc1nc(C[NH+](C)CC(F)(F)F)c([C@H]2CC[NH2+]C2)s1. The lowest BCUT2D eigenvalue weighted by molar-refractivity contribution is -0.904. The average molecular weight is 384 g/mol. The monoisotopic (exact) mass is 383 g/mol. The zero-order valence-corrected chi connectivity index (χ0v) is 16.6. The number of nitrogens with two attached hydrogens (primary N) is 1. The van der Waals surface area contributed by atoms with Gasteiger partial charge in [0.1, 0.15) is 12.2 Å². The minimum Gasteiger partial charge on any atom is -0.400 e. The van der Waals surface area contributed by atoms with Gasteiger partial charge in [0.25, 0.3) is 0 Å². The zero-order valence-electron chi connectivity index (χ0n) is 15.8. The predicted molar refractivity (Wildman–Crippen MR) is 96.8 cm³/mol. The summed E-state index contributed by atoms with van der Waals surface area (Å²) in [4.78, 5) is 6.09. The van der Waals surface area contributed by atoms with E-state index in [1.165, 1.54) is 4.88 Å². The molecule has 1 aliphatic rings. The molecule has 1 aliphatic heterocycles. The van der Waals surface area contributed by atoms with Crippen molar-refractivity contribution < 1.29 is 28.5 Å². The summed E-state index contributed by atoms with van der Waals surface area (Å²) < 4.78 is 37.1. The van der Waals surface area contributed by atoms with E-state index in [2.05, 4.69) is 23.1 Å². The number of terminal acetylenes is 1. The number of aliphatic hydroxyl groups is 1. The van der Waals surface area contributed by atoms with Crippen LogP contribution in [-0.2, 0) is 6.54 Å². The summed E-state index contributed by atoms with van der Waals surface area (Å²) >= 11 is 1.65. The van der Waals surface area contributed by atoms with Crippen LogP contribution < -0.4 is 10.2 Å². The van der Waals surface area contributed by atoms with Gasteiger partial charge >= 0.3 is 6.18 Å². The Hall–Kier alpha value is -1.14. The normalized spacial score (nSPS) is 17.2. The molecule has 2 atom stereocenters. The van der Waals surface area contributed by atoms with E-state index in [-0.39, 0.29) is 0 Å². The Labute approximate surface area is 153 Å². The Kier molecular flexibility index (Phi) is 14.7. The van der Waals surface area contributed by atoms with E-state index in [9.17, 15) is 13.2 Å². The summed E-state index contributed by atoms with van der Waals surface area (Å²) in [5, 5.41) is 10.2. The Morgan fingerprint density at radius 3 is 2.32 bits per heavy atom. The first-order valence-electron chi connectivity index (χ1n) is 8.29. The molecular weight excluding hydrogens is 351 g/mol. The van der Waals surface area contributed by atoms with Gasteiger partial charge in [-0.2, -0.15) is 13.2 Å². The fourth-order valence-electron chi connectivity index (χ4n) is 2.62. The number of aryl methyl sites for hydroxylation is 1. The van der Waals surface area contributed by atoms with E-state index < -0.39 is 12.7 Å². The van der Waals surface area contributed by atoms with Gasteiger partial charge < -0.3 is 15.3 Å². The fraction of sp³-hybridized carbons (Fsp3) is 0.706. The van der Waals surface area contributed by atoms with E-state index >= 15 is 0 Å². The average Bonchev–Trinajstić information content (AvgIpc) is 3.21. The molecule has 1 unspecified atom stereocenters. The Morgan fingerprint density at radius 2 is 1.88 bits per heavy atom. The second kappa shape index (κ2) is 14.1. The molecule has 0 radical (unpaired) electrons. The number of alkyl halides is 3. The number of hydrogen-bond donors (Lipinski definition) is 3. The van der Waals surface area contributed by atoms with E-state index in [1.54, 1.807) is 18.4 Å². The van der Waals surface area contributed by atoms with Crippen molar-refractivity contribution in [2.75, 3.05) is 33.8 Å². The first-order valence-corrected chi connectivity index (χ1v) is 9.11. The van der Waals surface area contributed by atoms with Crippen molar-refractivity contribution in [1.29, 1.82) is 0 Å². The molecule has 146 valence electrons. The lowest BCUT2D eigenvalue weighted by atomic mass is 10.1. The highest BCUT2D eigenvalue weighted by molar-refractivity contribution is 7.11. The highest BCUT2D eigenvalue weighted by atomic mass is 32.1. The third kappa shape index (κ3) is 10.4. The molecule has 8 heteroatoms. The summed E-state index contributed by atoms with van der Waals surface area (Å²) in [6, 6.07) is 0. The third-order valence-electron chi connectivity index (χ3n) is 3.35. The Bertz CT molecular complexity index is 469. The van der Waals surface area contributed by atoms with Crippen LogP contribution in [0.1, 0.15) is 41.8 Å². The molecule has 0 aromatic carbocycles. The van der Waals surface area contributed by atoms with Gasteiger partial charge in [0.05, 0.1) is 25.1 Å². The van der Waals surface area contributed by atoms with Crippen LogP contribution in [0, 0.1) is 19.8 Å². The van der Waals surface area contributed by atoms with Crippen molar-refractivity contribution >= 4 is 11.3 Å². The predicted octanol–water partition coefficient (Wildman–Crippen LogP) is 0.963. The summed E-state index contributed by atoms with van der Waals surface area (Å²) in [6.45, 7) is 7.62. The van der Waals surface area contributed by atoms with Gasteiger partial charge in [0.15, 0.2) is 6.54 Å². The summed E-state index contributed by atoms with van der Waals surface area (Å²) in [7, 11) is 2.58. The van der Waals surface area contributed by atoms with E-state index in [4.69, 9.17) is 5.11 Å². The third-order valence-corrected chi connectivity index (χ3v) is 4.52. The van der Waals surface area contributed by atoms with Gasteiger partial charge in [-0.05, 0) is 6.92 Å². The molecule has 1 aromatic heterocycles. The van der Waals surface area contributed by atoms with Gasteiger partial charge in [0, 0.05) is 24.3 Å². The Morgan fingerprint density at radius 1 is 1.32 bits per heavy atom. The Balaban J connectivity index is 0. The maximum absolute atomic E-state index is 12.4. The minimum absolute atomic E-state index is 0.357. The number of aliphatic hydroxyl groups excluding tert-OH is 1. The first-order chi connectivity index (χ1) is 11.8. The number of rotatable bonds is 4. The van der Waals surface area contributed by atoms with Crippen LogP contribution in [0.25, 0.3) is 0 Å². The van der Waals surface area contributed by atoms with Gasteiger partial charge in [-0.3, -0.25) is 0 Å². The lowest BCUT2D eigenvalue weighted by Crippen LogP contribution is -3.09. The van der Waals surface area contributed by atoms with Crippen molar-refractivity contribution in [1.82, 2.24) is 4.98 Å². The smallest absolute Gasteiger partial charge is 0.400 e. The number of hydrogen-bond acceptors (Lipinski definition) is 3. The van der Waals surface area contributed by atoms with Gasteiger partial charge in [-0.15, -0.1) is 24.2 Å². The number of quaternary nitrogens is 2. The van der Waals surface area contributed by atoms with Crippen LogP contribution in [0.4, 0.5) is 13.2 Å².